The van der Waals surface area contributed by atoms with E-state index in [4.69, 9.17) is 9.47 Å². The predicted molar refractivity (Wildman–Crippen MR) is 106 cm³/mol. The van der Waals surface area contributed by atoms with E-state index in [-0.39, 0.29) is 17.5 Å². The summed E-state index contributed by atoms with van der Waals surface area (Å²) in [4.78, 5) is 31.1. The van der Waals surface area contributed by atoms with E-state index in [1.165, 1.54) is 12.3 Å². The second-order valence-electron chi connectivity index (χ2n) is 6.25. The number of ether oxygens (including phenoxy) is 2. The highest BCUT2D eigenvalue weighted by Crippen LogP contribution is 2.26. The number of rotatable bonds is 7. The third-order valence-electron chi connectivity index (χ3n) is 4.35. The molecule has 2 amide bonds. The number of nitrogens with one attached hydrogen (secondary N) is 2. The first-order valence-corrected chi connectivity index (χ1v) is 9.15. The molecule has 2 heterocycles. The first-order chi connectivity index (χ1) is 13.7. The molecule has 0 saturated carbocycles. The zero-order valence-corrected chi connectivity index (χ0v) is 15.8. The number of hydrogen-bond acceptors (Lipinski definition) is 6. The number of morpholine rings is 1. The molecule has 0 unspecified atom stereocenters. The van der Waals surface area contributed by atoms with Gasteiger partial charge in [-0.1, -0.05) is 12.1 Å². The van der Waals surface area contributed by atoms with Crippen LogP contribution in [0, 0.1) is 0 Å². The van der Waals surface area contributed by atoms with Gasteiger partial charge >= 0.3 is 0 Å². The Labute approximate surface area is 163 Å². The van der Waals surface area contributed by atoms with Gasteiger partial charge in [0.15, 0.2) is 0 Å². The van der Waals surface area contributed by atoms with E-state index in [9.17, 15) is 9.59 Å². The minimum Gasteiger partial charge on any atom is -0.383 e. The number of para-hydroxylation sites is 2. The van der Waals surface area contributed by atoms with Crippen molar-refractivity contribution in [3.63, 3.8) is 0 Å². The van der Waals surface area contributed by atoms with Crippen molar-refractivity contribution in [2.75, 3.05) is 56.8 Å². The summed E-state index contributed by atoms with van der Waals surface area (Å²) < 4.78 is 10.3. The first kappa shape index (κ1) is 19.8. The van der Waals surface area contributed by atoms with Crippen LogP contribution in [-0.2, 0) is 9.47 Å². The number of aromatic nitrogens is 1. The van der Waals surface area contributed by atoms with Gasteiger partial charge in [0.1, 0.15) is 5.69 Å². The number of anilines is 2. The van der Waals surface area contributed by atoms with Crippen LogP contribution in [0.25, 0.3) is 0 Å². The van der Waals surface area contributed by atoms with Crippen molar-refractivity contribution in [1.82, 2.24) is 10.3 Å². The molecule has 0 aliphatic carbocycles. The Morgan fingerprint density at radius 2 is 1.96 bits per heavy atom. The standard InChI is InChI=1S/C20H24N4O4/c1-27-11-8-22-20(26)17-14-15(6-7-21-17)19(25)23-16-4-2-3-5-18(16)24-9-12-28-13-10-24/h2-7,14H,8-13H2,1H3,(H,22,26)(H,23,25). The van der Waals surface area contributed by atoms with Gasteiger partial charge in [-0.3, -0.25) is 14.6 Å². The topological polar surface area (TPSA) is 92.8 Å². The zero-order chi connectivity index (χ0) is 19.8. The highest BCUT2D eigenvalue weighted by Gasteiger charge is 2.17. The van der Waals surface area contributed by atoms with Gasteiger partial charge < -0.3 is 25.0 Å². The lowest BCUT2D eigenvalue weighted by molar-refractivity contribution is 0.0932. The summed E-state index contributed by atoms with van der Waals surface area (Å²) in [7, 11) is 1.56. The fourth-order valence-electron chi connectivity index (χ4n) is 2.91. The number of nitrogens with zero attached hydrogens (tertiary/aromatic N) is 2. The van der Waals surface area contributed by atoms with E-state index in [0.717, 1.165) is 24.5 Å². The molecule has 1 aliphatic rings. The molecule has 0 spiro atoms. The van der Waals surface area contributed by atoms with Crippen molar-refractivity contribution >= 4 is 23.2 Å². The molecule has 2 N–H and O–H groups in total. The van der Waals surface area contributed by atoms with Crippen LogP contribution in [0.15, 0.2) is 42.6 Å². The van der Waals surface area contributed by atoms with Crippen molar-refractivity contribution < 1.29 is 19.1 Å². The number of hydrogen-bond donors (Lipinski definition) is 2. The Morgan fingerprint density at radius 3 is 2.75 bits per heavy atom. The largest absolute Gasteiger partial charge is 0.383 e. The quantitative estimate of drug-likeness (QED) is 0.704. The Balaban J connectivity index is 1.72. The lowest BCUT2D eigenvalue weighted by Crippen LogP contribution is -2.36. The molecule has 28 heavy (non-hydrogen) atoms. The average Bonchev–Trinajstić information content (AvgIpc) is 2.75. The van der Waals surface area contributed by atoms with Crippen LogP contribution < -0.4 is 15.5 Å². The van der Waals surface area contributed by atoms with Crippen LogP contribution in [0.2, 0.25) is 0 Å². The summed E-state index contributed by atoms with van der Waals surface area (Å²) >= 11 is 0. The van der Waals surface area contributed by atoms with E-state index in [1.54, 1.807) is 13.2 Å². The predicted octanol–water partition coefficient (Wildman–Crippen LogP) is 1.55. The SMILES string of the molecule is COCCNC(=O)c1cc(C(=O)Nc2ccccc2N2CCOCC2)ccn1. The molecule has 0 radical (unpaired) electrons. The van der Waals surface area contributed by atoms with Crippen LogP contribution in [-0.4, -0.2) is 63.4 Å². The number of methoxy groups -OCH3 is 1. The fraction of sp³-hybridized carbons (Fsp3) is 0.350. The summed E-state index contributed by atoms with van der Waals surface area (Å²) in [6.45, 7) is 3.65. The molecule has 0 bridgehead atoms. The minimum atomic E-state index is -0.347. The maximum atomic E-state index is 12.8. The number of benzene rings is 1. The fourth-order valence-corrected chi connectivity index (χ4v) is 2.91. The molecule has 8 nitrogen and oxygen atoms in total. The highest BCUT2D eigenvalue weighted by molar-refractivity contribution is 6.07. The Kier molecular flexibility index (Phi) is 6.94. The van der Waals surface area contributed by atoms with Crippen LogP contribution in [0.1, 0.15) is 20.8 Å². The van der Waals surface area contributed by atoms with E-state index in [2.05, 4.69) is 20.5 Å². The van der Waals surface area contributed by atoms with Crippen molar-refractivity contribution in [2.24, 2.45) is 0 Å². The molecular formula is C20H24N4O4. The van der Waals surface area contributed by atoms with Gasteiger partial charge in [-0.2, -0.15) is 0 Å². The normalized spacial score (nSPS) is 13.8. The summed E-state index contributed by atoms with van der Waals surface area (Å²) in [5.74, 6) is -0.644. The lowest BCUT2D eigenvalue weighted by Gasteiger charge is -2.30. The Morgan fingerprint density at radius 1 is 1.18 bits per heavy atom. The number of carbonyl (C=O) groups excluding carboxylic acids is 2. The molecule has 0 atom stereocenters. The van der Waals surface area contributed by atoms with Crippen LogP contribution in [0.5, 0.6) is 0 Å². The van der Waals surface area contributed by atoms with Crippen molar-refractivity contribution in [3.8, 4) is 0 Å². The van der Waals surface area contributed by atoms with Crippen molar-refractivity contribution in [1.29, 1.82) is 0 Å². The van der Waals surface area contributed by atoms with Gasteiger partial charge in [0, 0.05) is 38.5 Å². The maximum absolute atomic E-state index is 12.8. The van der Waals surface area contributed by atoms with Crippen LogP contribution in [0.4, 0.5) is 11.4 Å². The van der Waals surface area contributed by atoms with Gasteiger partial charge in [-0.15, -0.1) is 0 Å². The monoisotopic (exact) mass is 384 g/mol. The van der Waals surface area contributed by atoms with Gasteiger partial charge in [-0.25, -0.2) is 0 Å². The number of amides is 2. The molecule has 1 saturated heterocycles. The molecule has 8 heteroatoms. The average molecular weight is 384 g/mol. The molecule has 2 aromatic rings. The molecule has 1 aromatic carbocycles. The Hall–Kier alpha value is -2.97. The number of pyridine rings is 1. The molecule has 1 fully saturated rings. The summed E-state index contributed by atoms with van der Waals surface area (Å²) in [6.07, 6.45) is 1.45. The van der Waals surface area contributed by atoms with Crippen molar-refractivity contribution in [2.45, 2.75) is 0 Å². The van der Waals surface area contributed by atoms with E-state index in [1.807, 2.05) is 24.3 Å². The van der Waals surface area contributed by atoms with Gasteiger partial charge in [0.05, 0.1) is 31.2 Å². The second kappa shape index (κ2) is 9.82. The van der Waals surface area contributed by atoms with Gasteiger partial charge in [-0.05, 0) is 24.3 Å². The zero-order valence-electron chi connectivity index (χ0n) is 15.8. The lowest BCUT2D eigenvalue weighted by atomic mass is 10.2. The van der Waals surface area contributed by atoms with E-state index in [0.29, 0.717) is 31.9 Å². The molecule has 3 rings (SSSR count). The smallest absolute Gasteiger partial charge is 0.269 e. The molecule has 148 valence electrons. The first-order valence-electron chi connectivity index (χ1n) is 9.15. The minimum absolute atomic E-state index is 0.185. The van der Waals surface area contributed by atoms with Gasteiger partial charge in [0.25, 0.3) is 11.8 Å². The van der Waals surface area contributed by atoms with Crippen LogP contribution in [0.3, 0.4) is 0 Å². The third-order valence-corrected chi connectivity index (χ3v) is 4.35. The van der Waals surface area contributed by atoms with Gasteiger partial charge in [0.2, 0.25) is 0 Å². The molecule has 1 aromatic heterocycles. The molecular weight excluding hydrogens is 360 g/mol. The number of carbonyl (C=O) groups is 2. The summed E-state index contributed by atoms with van der Waals surface area (Å²) in [6, 6.07) is 10.7. The van der Waals surface area contributed by atoms with Crippen molar-refractivity contribution in [3.05, 3.63) is 53.9 Å². The summed E-state index contributed by atoms with van der Waals surface area (Å²) in [5.41, 5.74) is 2.22. The summed E-state index contributed by atoms with van der Waals surface area (Å²) in [5, 5.41) is 5.63. The molecule has 1 aliphatic heterocycles. The maximum Gasteiger partial charge on any atom is 0.269 e. The highest BCUT2D eigenvalue weighted by atomic mass is 16.5. The Bertz CT molecular complexity index is 821. The second-order valence-corrected chi connectivity index (χ2v) is 6.25. The third kappa shape index (κ3) is 5.05. The van der Waals surface area contributed by atoms with E-state index < -0.39 is 0 Å². The van der Waals surface area contributed by atoms with Crippen LogP contribution >= 0.6 is 0 Å². The van der Waals surface area contributed by atoms with E-state index >= 15 is 0 Å².